The molecule has 120 valence electrons. The maximum atomic E-state index is 12.2. The van der Waals surface area contributed by atoms with Gasteiger partial charge in [0.1, 0.15) is 4.21 Å². The lowest BCUT2D eigenvalue weighted by Gasteiger charge is -2.15. The molecule has 0 saturated carbocycles. The van der Waals surface area contributed by atoms with E-state index in [1.54, 1.807) is 12.3 Å². The quantitative estimate of drug-likeness (QED) is 0.889. The minimum atomic E-state index is -3.82. The standard InChI is InChI=1S/C13H18N4O3S2/c1-13(2,3)10-4-5-12(21-10)22(19,20)15-11(18)6-8-17-9-7-14-16-17/h4-5,7,9H,6,8H2,1-3H3,(H,15,18). The van der Waals surface area contributed by atoms with Crippen LogP contribution in [0.15, 0.2) is 28.7 Å². The first-order chi connectivity index (χ1) is 10.2. The van der Waals surface area contributed by atoms with Crippen LogP contribution in [-0.4, -0.2) is 29.3 Å². The lowest BCUT2D eigenvalue weighted by Crippen LogP contribution is -2.30. The highest BCUT2D eigenvalue weighted by molar-refractivity contribution is 7.92. The summed E-state index contributed by atoms with van der Waals surface area (Å²) in [5.74, 6) is -0.568. The van der Waals surface area contributed by atoms with Crippen molar-refractivity contribution in [3.8, 4) is 0 Å². The molecule has 0 aliphatic rings. The minimum Gasteiger partial charge on any atom is -0.274 e. The number of thiophene rings is 1. The normalized spacial score (nSPS) is 12.3. The molecule has 1 amide bonds. The third-order valence-corrected chi connectivity index (χ3v) is 6.25. The Hall–Kier alpha value is -1.74. The predicted molar refractivity (Wildman–Crippen MR) is 83.0 cm³/mol. The van der Waals surface area contributed by atoms with E-state index in [2.05, 4.69) is 15.0 Å². The Kier molecular flexibility index (Phi) is 4.66. The van der Waals surface area contributed by atoms with E-state index in [9.17, 15) is 13.2 Å². The Labute approximate surface area is 133 Å². The van der Waals surface area contributed by atoms with Crippen LogP contribution in [0.3, 0.4) is 0 Å². The van der Waals surface area contributed by atoms with Gasteiger partial charge in [0.25, 0.3) is 10.0 Å². The van der Waals surface area contributed by atoms with Gasteiger partial charge in [-0.15, -0.1) is 16.4 Å². The number of nitrogens with zero attached hydrogens (tertiary/aromatic N) is 3. The SMILES string of the molecule is CC(C)(C)c1ccc(S(=O)(=O)NC(=O)CCn2ccnn2)s1. The van der Waals surface area contributed by atoms with Crippen molar-refractivity contribution >= 4 is 27.3 Å². The van der Waals surface area contributed by atoms with Gasteiger partial charge in [-0.1, -0.05) is 26.0 Å². The molecule has 0 saturated heterocycles. The van der Waals surface area contributed by atoms with Crippen molar-refractivity contribution in [2.75, 3.05) is 0 Å². The van der Waals surface area contributed by atoms with Crippen LogP contribution in [0, 0.1) is 0 Å². The van der Waals surface area contributed by atoms with E-state index >= 15 is 0 Å². The Morgan fingerprint density at radius 3 is 2.64 bits per heavy atom. The van der Waals surface area contributed by atoms with Gasteiger partial charge in [-0.2, -0.15) is 0 Å². The second-order valence-corrected chi connectivity index (χ2v) is 8.81. The van der Waals surface area contributed by atoms with Crippen molar-refractivity contribution in [2.45, 2.75) is 43.4 Å². The lowest BCUT2D eigenvalue weighted by molar-refractivity contribution is -0.119. The van der Waals surface area contributed by atoms with Crippen molar-refractivity contribution in [1.82, 2.24) is 19.7 Å². The average Bonchev–Trinajstić information content (AvgIpc) is 3.06. The van der Waals surface area contributed by atoms with Gasteiger partial charge in [0.05, 0.1) is 12.7 Å². The van der Waals surface area contributed by atoms with Crippen LogP contribution in [0.1, 0.15) is 32.1 Å². The summed E-state index contributed by atoms with van der Waals surface area (Å²) < 4.78 is 28.1. The Balaban J connectivity index is 2.01. The number of hydrogen-bond donors (Lipinski definition) is 1. The fourth-order valence-electron chi connectivity index (χ4n) is 1.69. The summed E-state index contributed by atoms with van der Waals surface area (Å²) in [6, 6.07) is 3.30. The van der Waals surface area contributed by atoms with Crippen molar-refractivity contribution in [2.24, 2.45) is 0 Å². The molecule has 9 heteroatoms. The molecular formula is C13H18N4O3S2. The van der Waals surface area contributed by atoms with Gasteiger partial charge in [-0.3, -0.25) is 9.48 Å². The van der Waals surface area contributed by atoms with E-state index in [0.29, 0.717) is 0 Å². The topological polar surface area (TPSA) is 94.0 Å². The molecule has 2 heterocycles. The molecule has 0 aliphatic carbocycles. The molecule has 2 rings (SSSR count). The molecule has 1 N–H and O–H groups in total. The van der Waals surface area contributed by atoms with E-state index in [-0.39, 0.29) is 22.6 Å². The number of rotatable bonds is 5. The first-order valence-electron chi connectivity index (χ1n) is 6.68. The van der Waals surface area contributed by atoms with E-state index in [1.165, 1.54) is 28.3 Å². The molecular weight excluding hydrogens is 324 g/mol. The molecule has 0 bridgehead atoms. The van der Waals surface area contributed by atoms with Gasteiger partial charge in [0.2, 0.25) is 5.91 Å². The molecule has 0 aromatic carbocycles. The fourth-order valence-corrected chi connectivity index (χ4v) is 4.06. The summed E-state index contributed by atoms with van der Waals surface area (Å²) in [5, 5.41) is 7.33. The zero-order chi connectivity index (χ0) is 16.4. The van der Waals surface area contributed by atoms with E-state index < -0.39 is 15.9 Å². The van der Waals surface area contributed by atoms with Crippen LogP contribution in [0.2, 0.25) is 0 Å². The molecule has 0 atom stereocenters. The molecule has 0 radical (unpaired) electrons. The van der Waals surface area contributed by atoms with E-state index in [4.69, 9.17) is 0 Å². The highest BCUT2D eigenvalue weighted by Crippen LogP contribution is 2.31. The summed E-state index contributed by atoms with van der Waals surface area (Å²) in [6.45, 7) is 6.29. The number of carbonyl (C=O) groups excluding carboxylic acids is 1. The third kappa shape index (κ3) is 4.14. The van der Waals surface area contributed by atoms with Crippen molar-refractivity contribution < 1.29 is 13.2 Å². The third-order valence-electron chi connectivity index (χ3n) is 2.87. The van der Waals surface area contributed by atoms with Crippen LogP contribution >= 0.6 is 11.3 Å². The van der Waals surface area contributed by atoms with Crippen LogP contribution in [0.5, 0.6) is 0 Å². The van der Waals surface area contributed by atoms with Crippen molar-refractivity contribution in [3.63, 3.8) is 0 Å². The molecule has 22 heavy (non-hydrogen) atoms. The number of hydrogen-bond acceptors (Lipinski definition) is 6. The number of sulfonamides is 1. The van der Waals surface area contributed by atoms with E-state index in [0.717, 1.165) is 4.88 Å². The molecule has 7 nitrogen and oxygen atoms in total. The van der Waals surface area contributed by atoms with Gasteiger partial charge in [0.15, 0.2) is 0 Å². The first-order valence-corrected chi connectivity index (χ1v) is 8.98. The average molecular weight is 342 g/mol. The maximum absolute atomic E-state index is 12.2. The molecule has 2 aromatic rings. The largest absolute Gasteiger partial charge is 0.274 e. The highest BCUT2D eigenvalue weighted by atomic mass is 32.2. The summed E-state index contributed by atoms with van der Waals surface area (Å²) in [6.07, 6.45) is 3.12. The molecule has 0 fully saturated rings. The number of aromatic nitrogens is 3. The van der Waals surface area contributed by atoms with Crippen LogP contribution in [-0.2, 0) is 26.8 Å². The zero-order valence-corrected chi connectivity index (χ0v) is 14.2. The summed E-state index contributed by atoms with van der Waals surface area (Å²) in [7, 11) is -3.82. The molecule has 0 spiro atoms. The Morgan fingerprint density at radius 1 is 1.36 bits per heavy atom. The van der Waals surface area contributed by atoms with Crippen LogP contribution in [0.4, 0.5) is 0 Å². The zero-order valence-electron chi connectivity index (χ0n) is 12.6. The first kappa shape index (κ1) is 16.6. The number of amides is 1. The fraction of sp³-hybridized carbons (Fsp3) is 0.462. The van der Waals surface area contributed by atoms with Crippen molar-refractivity contribution in [3.05, 3.63) is 29.4 Å². The highest BCUT2D eigenvalue weighted by Gasteiger charge is 2.23. The van der Waals surface area contributed by atoms with Gasteiger partial charge >= 0.3 is 0 Å². The molecule has 0 aliphatic heterocycles. The maximum Gasteiger partial charge on any atom is 0.273 e. The predicted octanol–water partition coefficient (Wildman–Crippen LogP) is 1.53. The second kappa shape index (κ2) is 6.17. The van der Waals surface area contributed by atoms with Crippen LogP contribution < -0.4 is 4.72 Å². The smallest absolute Gasteiger partial charge is 0.273 e. The molecule has 2 aromatic heterocycles. The Bertz CT molecular complexity index is 743. The van der Waals surface area contributed by atoms with Gasteiger partial charge in [-0.25, -0.2) is 13.1 Å². The number of aryl methyl sites for hydroxylation is 1. The molecule has 0 unspecified atom stereocenters. The Morgan fingerprint density at radius 2 is 2.09 bits per heavy atom. The second-order valence-electron chi connectivity index (χ2n) is 5.81. The summed E-state index contributed by atoms with van der Waals surface area (Å²) in [4.78, 5) is 12.7. The van der Waals surface area contributed by atoms with Gasteiger partial charge in [-0.05, 0) is 17.5 Å². The minimum absolute atomic E-state index is 0.0140. The lowest BCUT2D eigenvalue weighted by atomic mass is 9.95. The summed E-state index contributed by atoms with van der Waals surface area (Å²) in [5.41, 5.74) is -0.129. The summed E-state index contributed by atoms with van der Waals surface area (Å²) >= 11 is 1.17. The van der Waals surface area contributed by atoms with Crippen LogP contribution in [0.25, 0.3) is 0 Å². The van der Waals surface area contributed by atoms with Crippen molar-refractivity contribution in [1.29, 1.82) is 0 Å². The number of carbonyl (C=O) groups is 1. The van der Waals surface area contributed by atoms with Gasteiger partial charge in [0, 0.05) is 17.5 Å². The monoisotopic (exact) mass is 342 g/mol. The van der Waals surface area contributed by atoms with E-state index in [1.807, 2.05) is 20.8 Å². The van der Waals surface area contributed by atoms with Gasteiger partial charge < -0.3 is 0 Å². The number of nitrogens with one attached hydrogen (secondary N) is 1.